The molecule has 0 aromatic heterocycles. The lowest BCUT2D eigenvalue weighted by atomic mass is 10.3. The van der Waals surface area contributed by atoms with Gasteiger partial charge in [0.15, 0.2) is 0 Å². The minimum Gasteiger partial charge on any atom is -0.391 e. The largest absolute Gasteiger partial charge is 0.391 e. The average molecular weight is 324 g/mol. The molecule has 5 heteroatoms. The van der Waals surface area contributed by atoms with E-state index in [9.17, 15) is 0 Å². The van der Waals surface area contributed by atoms with Crippen LogP contribution in [0.15, 0.2) is 30.3 Å². The molecular formula is C17H28O4Si. The summed E-state index contributed by atoms with van der Waals surface area (Å²) in [6.07, 6.45) is 2.45. The second-order valence-electron chi connectivity index (χ2n) is 5.47. The van der Waals surface area contributed by atoms with Gasteiger partial charge in [-0.1, -0.05) is 30.3 Å². The maximum Gasteiger partial charge on any atom is 0.372 e. The molecule has 4 nitrogen and oxygen atoms in total. The Labute approximate surface area is 135 Å². The van der Waals surface area contributed by atoms with Gasteiger partial charge in [-0.05, 0) is 37.9 Å². The van der Waals surface area contributed by atoms with Crippen molar-refractivity contribution in [1.29, 1.82) is 0 Å². The van der Waals surface area contributed by atoms with E-state index in [4.69, 9.17) is 18.3 Å². The number of unbranched alkanes of at least 4 members (excludes halogenated alkanes) is 1. The van der Waals surface area contributed by atoms with E-state index in [1.54, 1.807) is 0 Å². The molecule has 1 heterocycles. The number of rotatable bonds is 12. The molecule has 0 bridgehead atoms. The highest BCUT2D eigenvalue weighted by atomic mass is 28.4. The van der Waals surface area contributed by atoms with E-state index >= 15 is 0 Å². The molecule has 1 aliphatic rings. The molecule has 1 aromatic carbocycles. The second kappa shape index (κ2) is 9.42. The fourth-order valence-electron chi connectivity index (χ4n) is 2.60. The van der Waals surface area contributed by atoms with Crippen LogP contribution in [0.4, 0.5) is 0 Å². The molecule has 0 saturated carbocycles. The molecule has 1 fully saturated rings. The van der Waals surface area contributed by atoms with Crippen LogP contribution in [-0.4, -0.2) is 47.7 Å². The summed E-state index contributed by atoms with van der Waals surface area (Å²) in [5.41, 5.74) is 0. The van der Waals surface area contributed by atoms with Crippen molar-refractivity contribution in [3.05, 3.63) is 30.3 Å². The molecule has 1 atom stereocenters. The predicted octanol–water partition coefficient (Wildman–Crippen LogP) is 2.60. The van der Waals surface area contributed by atoms with Crippen LogP contribution >= 0.6 is 0 Å². The van der Waals surface area contributed by atoms with Crippen LogP contribution in [0.25, 0.3) is 0 Å². The molecule has 1 aliphatic heterocycles. The first-order valence-corrected chi connectivity index (χ1v) is 10.4. The molecule has 1 saturated heterocycles. The molecular weight excluding hydrogens is 296 g/mol. The lowest BCUT2D eigenvalue weighted by molar-refractivity contribution is 0.113. The van der Waals surface area contributed by atoms with Gasteiger partial charge in [0.25, 0.3) is 0 Å². The van der Waals surface area contributed by atoms with Gasteiger partial charge in [0, 0.05) is 19.8 Å². The van der Waals surface area contributed by atoms with Crippen molar-refractivity contribution in [2.45, 2.75) is 38.8 Å². The Morgan fingerprint density at radius 2 is 1.77 bits per heavy atom. The predicted molar refractivity (Wildman–Crippen MR) is 89.7 cm³/mol. The fourth-order valence-corrected chi connectivity index (χ4v) is 5.94. The third kappa shape index (κ3) is 5.48. The van der Waals surface area contributed by atoms with E-state index < -0.39 is 8.56 Å². The Balaban J connectivity index is 1.85. The summed E-state index contributed by atoms with van der Waals surface area (Å²) in [7, 11) is -2.32. The van der Waals surface area contributed by atoms with Crippen LogP contribution in [0.2, 0.25) is 6.04 Å². The molecule has 1 unspecified atom stereocenters. The number of epoxide rings is 1. The van der Waals surface area contributed by atoms with Gasteiger partial charge < -0.3 is 18.3 Å². The molecule has 124 valence electrons. The van der Waals surface area contributed by atoms with E-state index in [2.05, 4.69) is 24.3 Å². The zero-order chi connectivity index (χ0) is 15.7. The van der Waals surface area contributed by atoms with Crippen molar-refractivity contribution in [2.75, 3.05) is 33.0 Å². The lowest BCUT2D eigenvalue weighted by Crippen LogP contribution is -2.53. The van der Waals surface area contributed by atoms with Gasteiger partial charge in [-0.25, -0.2) is 0 Å². The fraction of sp³-hybridized carbons (Fsp3) is 0.647. The normalized spacial score (nSPS) is 17.6. The number of hydrogen-bond acceptors (Lipinski definition) is 4. The molecule has 0 N–H and O–H groups in total. The number of ether oxygens (including phenoxy) is 2. The van der Waals surface area contributed by atoms with Gasteiger partial charge in [-0.2, -0.15) is 0 Å². The van der Waals surface area contributed by atoms with Crippen molar-refractivity contribution in [3.8, 4) is 0 Å². The summed E-state index contributed by atoms with van der Waals surface area (Å²) in [6, 6.07) is 11.4. The molecule has 2 rings (SSSR count). The minimum absolute atomic E-state index is 0.352. The highest BCUT2D eigenvalue weighted by molar-refractivity contribution is 6.81. The molecule has 0 radical (unpaired) electrons. The summed E-state index contributed by atoms with van der Waals surface area (Å²) < 4.78 is 23.1. The van der Waals surface area contributed by atoms with Gasteiger partial charge >= 0.3 is 8.56 Å². The van der Waals surface area contributed by atoms with E-state index in [1.807, 2.05) is 19.9 Å². The van der Waals surface area contributed by atoms with Crippen molar-refractivity contribution >= 4 is 13.7 Å². The Morgan fingerprint density at radius 3 is 2.36 bits per heavy atom. The van der Waals surface area contributed by atoms with E-state index in [0.717, 1.165) is 38.7 Å². The van der Waals surface area contributed by atoms with Crippen LogP contribution in [0.5, 0.6) is 0 Å². The maximum absolute atomic E-state index is 6.17. The first-order valence-electron chi connectivity index (χ1n) is 8.33. The number of hydrogen-bond donors (Lipinski definition) is 0. The summed E-state index contributed by atoms with van der Waals surface area (Å²) in [4.78, 5) is 0. The van der Waals surface area contributed by atoms with Crippen LogP contribution < -0.4 is 5.19 Å². The van der Waals surface area contributed by atoms with Gasteiger partial charge in [-0.15, -0.1) is 0 Å². The highest BCUT2D eigenvalue weighted by Gasteiger charge is 2.38. The van der Waals surface area contributed by atoms with Gasteiger partial charge in [0.05, 0.1) is 13.2 Å². The molecule has 0 aliphatic carbocycles. The minimum atomic E-state index is -2.32. The van der Waals surface area contributed by atoms with Crippen molar-refractivity contribution in [1.82, 2.24) is 0 Å². The van der Waals surface area contributed by atoms with Crippen LogP contribution in [0, 0.1) is 0 Å². The topological polar surface area (TPSA) is 40.2 Å². The Kier molecular flexibility index (Phi) is 7.55. The summed E-state index contributed by atoms with van der Waals surface area (Å²) in [5.74, 6) is 0. The highest BCUT2D eigenvalue weighted by Crippen LogP contribution is 2.18. The molecule has 1 aromatic rings. The van der Waals surface area contributed by atoms with Crippen LogP contribution in [-0.2, 0) is 18.3 Å². The summed E-state index contributed by atoms with van der Waals surface area (Å²) in [5, 5.41) is 1.23. The second-order valence-corrected chi connectivity index (χ2v) is 8.63. The molecule has 0 spiro atoms. The van der Waals surface area contributed by atoms with E-state index in [0.29, 0.717) is 19.3 Å². The standard InChI is InChI=1S/C17H28O4Si/c1-3-20-22(21-4-2,17-10-6-5-7-11-17)13-9-8-12-18-14-16-15-19-16/h5-7,10-11,16H,3-4,8-9,12-15H2,1-2H3. The van der Waals surface area contributed by atoms with Gasteiger partial charge in [0.2, 0.25) is 0 Å². The van der Waals surface area contributed by atoms with Gasteiger partial charge in [-0.3, -0.25) is 0 Å². The van der Waals surface area contributed by atoms with Crippen molar-refractivity contribution in [2.24, 2.45) is 0 Å². The summed E-state index contributed by atoms with van der Waals surface area (Å²) >= 11 is 0. The van der Waals surface area contributed by atoms with Crippen molar-refractivity contribution in [3.63, 3.8) is 0 Å². The quantitative estimate of drug-likeness (QED) is 0.337. The zero-order valence-corrected chi connectivity index (χ0v) is 14.8. The smallest absolute Gasteiger partial charge is 0.372 e. The number of benzene rings is 1. The Bertz CT molecular complexity index is 402. The monoisotopic (exact) mass is 324 g/mol. The summed E-state index contributed by atoms with van der Waals surface area (Å²) in [6.45, 7) is 7.85. The first kappa shape index (κ1) is 17.6. The lowest BCUT2D eigenvalue weighted by Gasteiger charge is -2.30. The van der Waals surface area contributed by atoms with Crippen LogP contribution in [0.1, 0.15) is 26.7 Å². The van der Waals surface area contributed by atoms with E-state index in [-0.39, 0.29) is 0 Å². The Morgan fingerprint density at radius 1 is 1.09 bits per heavy atom. The average Bonchev–Trinajstić information content (AvgIpc) is 3.36. The first-order chi connectivity index (χ1) is 10.8. The zero-order valence-electron chi connectivity index (χ0n) is 13.8. The van der Waals surface area contributed by atoms with Crippen LogP contribution in [0.3, 0.4) is 0 Å². The maximum atomic E-state index is 6.17. The Hall–Kier alpha value is -0.723. The SMILES string of the molecule is CCO[Si](CCCCOCC1CO1)(OCC)c1ccccc1. The van der Waals surface area contributed by atoms with Crippen molar-refractivity contribution < 1.29 is 18.3 Å². The van der Waals surface area contributed by atoms with Gasteiger partial charge in [0.1, 0.15) is 6.10 Å². The van der Waals surface area contributed by atoms with E-state index in [1.165, 1.54) is 5.19 Å². The molecule has 0 amide bonds. The third-order valence-electron chi connectivity index (χ3n) is 3.72. The third-order valence-corrected chi connectivity index (χ3v) is 7.45. The molecule has 22 heavy (non-hydrogen) atoms.